The van der Waals surface area contributed by atoms with Gasteiger partial charge in [0.1, 0.15) is 0 Å². The average Bonchev–Trinajstić information content (AvgIpc) is 2.31. The first kappa shape index (κ1) is 15.4. The maximum Gasteiger partial charge on any atom is 0.198 e. The molecular formula is C15H27O. The molecule has 93 valence electrons. The van der Waals surface area contributed by atoms with Crippen LogP contribution in [0.1, 0.15) is 77.6 Å². The molecular weight excluding hydrogens is 196 g/mol. The molecule has 0 heterocycles. The van der Waals surface area contributed by atoms with Gasteiger partial charge in [0.25, 0.3) is 0 Å². The first-order valence-corrected chi connectivity index (χ1v) is 6.91. The summed E-state index contributed by atoms with van der Waals surface area (Å²) in [5.74, 6) is 0. The summed E-state index contributed by atoms with van der Waals surface area (Å²) in [7, 11) is 0. The van der Waals surface area contributed by atoms with E-state index in [0.29, 0.717) is 6.42 Å². The van der Waals surface area contributed by atoms with Crippen LogP contribution < -0.4 is 0 Å². The lowest BCUT2D eigenvalue weighted by atomic mass is 10.1. The topological polar surface area (TPSA) is 17.1 Å². The van der Waals surface area contributed by atoms with Crippen LogP contribution in [-0.2, 0) is 4.79 Å². The van der Waals surface area contributed by atoms with Crippen molar-refractivity contribution in [3.05, 3.63) is 12.2 Å². The number of carbonyl (C=O) groups excluding carboxylic acids is 1. The van der Waals surface area contributed by atoms with Gasteiger partial charge in [-0.25, -0.2) is 0 Å². The Morgan fingerprint density at radius 3 is 1.94 bits per heavy atom. The van der Waals surface area contributed by atoms with Gasteiger partial charge in [-0.15, -0.1) is 0 Å². The zero-order chi connectivity index (χ0) is 11.9. The molecule has 0 spiro atoms. The second-order valence-electron chi connectivity index (χ2n) is 4.42. The van der Waals surface area contributed by atoms with Crippen molar-refractivity contribution in [1.29, 1.82) is 0 Å². The normalized spacial score (nSPS) is 11.1. The minimum Gasteiger partial charge on any atom is -0.291 e. The summed E-state index contributed by atoms with van der Waals surface area (Å²) < 4.78 is 0. The summed E-state index contributed by atoms with van der Waals surface area (Å²) in [6.45, 7) is 2.25. The minimum absolute atomic E-state index is 0.618. The molecule has 0 aromatic heterocycles. The fourth-order valence-electron chi connectivity index (χ4n) is 1.74. The number of unbranched alkanes of at least 4 members (excludes halogenated alkanes) is 9. The Hall–Kier alpha value is -0.590. The highest BCUT2D eigenvalue weighted by atomic mass is 16.1. The molecule has 16 heavy (non-hydrogen) atoms. The van der Waals surface area contributed by atoms with Crippen LogP contribution in [0.5, 0.6) is 0 Å². The van der Waals surface area contributed by atoms with Gasteiger partial charge in [0.2, 0.25) is 0 Å². The van der Waals surface area contributed by atoms with Crippen molar-refractivity contribution >= 4 is 6.29 Å². The van der Waals surface area contributed by atoms with E-state index in [1.54, 1.807) is 0 Å². The fraction of sp³-hybridized carbons (Fsp3) is 0.800. The second-order valence-corrected chi connectivity index (χ2v) is 4.42. The van der Waals surface area contributed by atoms with Crippen LogP contribution in [-0.4, -0.2) is 6.29 Å². The highest BCUT2D eigenvalue weighted by Crippen LogP contribution is 2.07. The maximum absolute atomic E-state index is 9.95. The van der Waals surface area contributed by atoms with Gasteiger partial charge in [-0.05, 0) is 32.1 Å². The third-order valence-electron chi connectivity index (χ3n) is 2.79. The third-order valence-corrected chi connectivity index (χ3v) is 2.79. The van der Waals surface area contributed by atoms with E-state index in [9.17, 15) is 4.79 Å². The number of hydrogen-bond acceptors (Lipinski definition) is 1. The Kier molecular flexibility index (Phi) is 13.9. The van der Waals surface area contributed by atoms with Gasteiger partial charge in [-0.2, -0.15) is 0 Å². The fourth-order valence-corrected chi connectivity index (χ4v) is 1.74. The monoisotopic (exact) mass is 223 g/mol. The van der Waals surface area contributed by atoms with Crippen molar-refractivity contribution in [3.63, 3.8) is 0 Å². The van der Waals surface area contributed by atoms with Crippen molar-refractivity contribution in [2.45, 2.75) is 77.6 Å². The summed E-state index contributed by atoms with van der Waals surface area (Å²) in [5, 5.41) is 0. The van der Waals surface area contributed by atoms with Gasteiger partial charge < -0.3 is 0 Å². The van der Waals surface area contributed by atoms with Crippen molar-refractivity contribution in [3.8, 4) is 0 Å². The molecule has 0 saturated heterocycles. The molecule has 0 atom stereocenters. The smallest absolute Gasteiger partial charge is 0.198 e. The van der Waals surface area contributed by atoms with Gasteiger partial charge in [-0.1, -0.05) is 51.2 Å². The lowest BCUT2D eigenvalue weighted by Crippen LogP contribution is -1.79. The van der Waals surface area contributed by atoms with Gasteiger partial charge >= 0.3 is 0 Å². The Morgan fingerprint density at radius 1 is 0.812 bits per heavy atom. The number of rotatable bonds is 12. The summed E-state index contributed by atoms with van der Waals surface area (Å²) in [6.07, 6.45) is 19.8. The van der Waals surface area contributed by atoms with Crippen LogP contribution in [0.4, 0.5) is 0 Å². The van der Waals surface area contributed by atoms with E-state index in [1.165, 1.54) is 57.8 Å². The predicted molar refractivity (Wildman–Crippen MR) is 71.3 cm³/mol. The molecule has 0 amide bonds. The lowest BCUT2D eigenvalue weighted by molar-refractivity contribution is 0.544. The molecule has 0 aromatic rings. The Morgan fingerprint density at radius 2 is 1.38 bits per heavy atom. The van der Waals surface area contributed by atoms with Crippen molar-refractivity contribution < 1.29 is 4.79 Å². The molecule has 0 aliphatic carbocycles. The lowest BCUT2D eigenvalue weighted by Gasteiger charge is -1.96. The third kappa shape index (κ3) is 13.4. The Balaban J connectivity index is 3.00. The van der Waals surface area contributed by atoms with Gasteiger partial charge in [0.15, 0.2) is 6.29 Å². The SMILES string of the molecule is CCCCCCC=CCCCCCC[C]=O. The molecule has 0 bridgehead atoms. The van der Waals surface area contributed by atoms with Gasteiger partial charge in [-0.3, -0.25) is 4.79 Å². The van der Waals surface area contributed by atoms with Crippen LogP contribution in [0, 0.1) is 0 Å². The van der Waals surface area contributed by atoms with Crippen LogP contribution in [0.2, 0.25) is 0 Å². The molecule has 0 aliphatic rings. The number of allylic oxidation sites excluding steroid dienone is 2. The molecule has 0 aromatic carbocycles. The predicted octanol–water partition coefficient (Wildman–Crippen LogP) is 4.96. The summed E-state index contributed by atoms with van der Waals surface area (Å²) >= 11 is 0. The van der Waals surface area contributed by atoms with Crippen molar-refractivity contribution in [2.75, 3.05) is 0 Å². The highest BCUT2D eigenvalue weighted by molar-refractivity contribution is 5.50. The summed E-state index contributed by atoms with van der Waals surface area (Å²) in [4.78, 5) is 9.95. The zero-order valence-corrected chi connectivity index (χ0v) is 10.8. The van der Waals surface area contributed by atoms with E-state index in [4.69, 9.17) is 0 Å². The Labute approximate surface area is 101 Å². The largest absolute Gasteiger partial charge is 0.291 e. The van der Waals surface area contributed by atoms with Gasteiger partial charge in [0.05, 0.1) is 0 Å². The van der Waals surface area contributed by atoms with E-state index >= 15 is 0 Å². The first-order valence-electron chi connectivity index (χ1n) is 6.91. The molecule has 0 aliphatic heterocycles. The standard InChI is InChI=1S/C15H27O/c1-2-3-4-5-6-7-8-9-10-11-12-13-14-15-16/h7-8H,2-6,9-14H2,1H3. The molecule has 0 saturated carbocycles. The van der Waals surface area contributed by atoms with Crippen LogP contribution in [0.3, 0.4) is 0 Å². The van der Waals surface area contributed by atoms with E-state index in [-0.39, 0.29) is 0 Å². The minimum atomic E-state index is 0.618. The van der Waals surface area contributed by atoms with Crippen molar-refractivity contribution in [2.24, 2.45) is 0 Å². The molecule has 0 fully saturated rings. The molecule has 1 nitrogen and oxygen atoms in total. The van der Waals surface area contributed by atoms with Crippen LogP contribution in [0.25, 0.3) is 0 Å². The van der Waals surface area contributed by atoms with Crippen LogP contribution >= 0.6 is 0 Å². The Bertz CT molecular complexity index is 161. The van der Waals surface area contributed by atoms with E-state index in [0.717, 1.165) is 6.42 Å². The van der Waals surface area contributed by atoms with Gasteiger partial charge in [0, 0.05) is 6.42 Å². The molecule has 1 heteroatoms. The van der Waals surface area contributed by atoms with Crippen LogP contribution in [0.15, 0.2) is 12.2 Å². The average molecular weight is 223 g/mol. The molecule has 1 radical (unpaired) electrons. The summed E-state index contributed by atoms with van der Waals surface area (Å²) in [6, 6.07) is 0. The first-order chi connectivity index (χ1) is 7.91. The van der Waals surface area contributed by atoms with E-state index in [2.05, 4.69) is 19.1 Å². The van der Waals surface area contributed by atoms with Crippen molar-refractivity contribution in [1.82, 2.24) is 0 Å². The zero-order valence-electron chi connectivity index (χ0n) is 10.8. The quantitative estimate of drug-likeness (QED) is 0.337. The van der Waals surface area contributed by atoms with E-state index in [1.807, 2.05) is 6.29 Å². The molecule has 0 unspecified atom stereocenters. The number of hydrogen-bond donors (Lipinski definition) is 0. The highest BCUT2D eigenvalue weighted by Gasteiger charge is 1.89. The maximum atomic E-state index is 9.95. The summed E-state index contributed by atoms with van der Waals surface area (Å²) in [5.41, 5.74) is 0. The molecule has 0 rings (SSSR count). The van der Waals surface area contributed by atoms with E-state index < -0.39 is 0 Å². The second kappa shape index (κ2) is 14.4. The molecule has 0 N–H and O–H groups in total.